The fraction of sp³-hybridized carbons (Fsp3) is 0.941. The SMILES string of the molecule is CCOCCOCCOCCOC(=O)CC(C)CC(C)(C)C. The third-order valence-corrected chi connectivity index (χ3v) is 2.91. The molecule has 0 saturated heterocycles. The van der Waals surface area contributed by atoms with Crippen molar-refractivity contribution < 1.29 is 23.7 Å². The van der Waals surface area contributed by atoms with Gasteiger partial charge in [-0.15, -0.1) is 0 Å². The third kappa shape index (κ3) is 15.7. The molecule has 0 amide bonds. The van der Waals surface area contributed by atoms with E-state index >= 15 is 0 Å². The van der Waals surface area contributed by atoms with Crippen molar-refractivity contribution in [2.24, 2.45) is 11.3 Å². The molecular weight excluding hydrogens is 284 g/mol. The minimum atomic E-state index is -0.145. The second-order valence-electron chi connectivity index (χ2n) is 6.72. The van der Waals surface area contributed by atoms with E-state index in [9.17, 15) is 4.79 Å². The van der Waals surface area contributed by atoms with Crippen LogP contribution in [0.5, 0.6) is 0 Å². The molecule has 0 aromatic heterocycles. The summed E-state index contributed by atoms with van der Waals surface area (Å²) in [5.74, 6) is 0.195. The predicted octanol–water partition coefficient (Wildman–Crippen LogP) is 3.06. The van der Waals surface area contributed by atoms with E-state index in [2.05, 4.69) is 27.7 Å². The van der Waals surface area contributed by atoms with Crippen molar-refractivity contribution in [2.45, 2.75) is 47.5 Å². The fourth-order valence-electron chi connectivity index (χ4n) is 2.26. The Balaban J connectivity index is 3.38. The summed E-state index contributed by atoms with van der Waals surface area (Å²) in [5.41, 5.74) is 0.241. The minimum absolute atomic E-state index is 0.145. The molecule has 0 aliphatic carbocycles. The summed E-state index contributed by atoms with van der Waals surface area (Å²) in [6.45, 7) is 14.2. The molecule has 0 radical (unpaired) electrons. The number of hydrogen-bond donors (Lipinski definition) is 0. The maximum absolute atomic E-state index is 11.7. The normalized spacial score (nSPS) is 13.1. The molecule has 0 saturated carbocycles. The highest BCUT2D eigenvalue weighted by molar-refractivity contribution is 5.69. The van der Waals surface area contributed by atoms with Crippen LogP contribution in [0.25, 0.3) is 0 Å². The van der Waals surface area contributed by atoms with Gasteiger partial charge in [0.1, 0.15) is 6.61 Å². The molecule has 0 aliphatic rings. The molecule has 0 rings (SSSR count). The maximum Gasteiger partial charge on any atom is 0.306 e. The average Bonchev–Trinajstić information content (AvgIpc) is 2.38. The summed E-state index contributed by atoms with van der Waals surface area (Å²) in [7, 11) is 0. The van der Waals surface area contributed by atoms with Gasteiger partial charge in [0, 0.05) is 13.0 Å². The van der Waals surface area contributed by atoms with Gasteiger partial charge in [-0.25, -0.2) is 0 Å². The molecule has 0 N–H and O–H groups in total. The van der Waals surface area contributed by atoms with Crippen LogP contribution >= 0.6 is 0 Å². The van der Waals surface area contributed by atoms with Gasteiger partial charge < -0.3 is 18.9 Å². The van der Waals surface area contributed by atoms with Crippen molar-refractivity contribution >= 4 is 5.97 Å². The van der Waals surface area contributed by atoms with Gasteiger partial charge in [-0.2, -0.15) is 0 Å². The van der Waals surface area contributed by atoms with Crippen LogP contribution < -0.4 is 0 Å². The Labute approximate surface area is 135 Å². The van der Waals surface area contributed by atoms with Gasteiger partial charge in [0.15, 0.2) is 0 Å². The van der Waals surface area contributed by atoms with Crippen LogP contribution in [0.2, 0.25) is 0 Å². The fourth-order valence-corrected chi connectivity index (χ4v) is 2.26. The topological polar surface area (TPSA) is 54.0 Å². The quantitative estimate of drug-likeness (QED) is 0.386. The zero-order chi connectivity index (χ0) is 16.8. The van der Waals surface area contributed by atoms with Crippen molar-refractivity contribution in [1.29, 1.82) is 0 Å². The highest BCUT2D eigenvalue weighted by atomic mass is 16.6. The van der Waals surface area contributed by atoms with E-state index in [1.54, 1.807) is 0 Å². The van der Waals surface area contributed by atoms with Crippen LogP contribution in [-0.4, -0.2) is 52.2 Å². The van der Waals surface area contributed by atoms with Crippen molar-refractivity contribution in [3.63, 3.8) is 0 Å². The summed E-state index contributed by atoms with van der Waals surface area (Å²) in [4.78, 5) is 11.7. The predicted molar refractivity (Wildman–Crippen MR) is 86.9 cm³/mol. The first-order valence-corrected chi connectivity index (χ1v) is 8.24. The molecule has 1 unspecified atom stereocenters. The second-order valence-corrected chi connectivity index (χ2v) is 6.72. The Kier molecular flexibility index (Phi) is 12.5. The Hall–Kier alpha value is -0.650. The zero-order valence-corrected chi connectivity index (χ0v) is 15.0. The van der Waals surface area contributed by atoms with Crippen LogP contribution in [0.1, 0.15) is 47.5 Å². The van der Waals surface area contributed by atoms with E-state index in [0.29, 0.717) is 58.6 Å². The number of rotatable bonds is 13. The molecule has 22 heavy (non-hydrogen) atoms. The summed E-state index contributed by atoms with van der Waals surface area (Å²) < 4.78 is 20.9. The van der Waals surface area contributed by atoms with Gasteiger partial charge in [-0.3, -0.25) is 4.79 Å². The Morgan fingerprint density at radius 3 is 1.91 bits per heavy atom. The zero-order valence-electron chi connectivity index (χ0n) is 15.0. The highest BCUT2D eigenvalue weighted by Gasteiger charge is 2.18. The van der Waals surface area contributed by atoms with Gasteiger partial charge in [-0.1, -0.05) is 27.7 Å². The van der Waals surface area contributed by atoms with E-state index in [1.807, 2.05) is 6.92 Å². The summed E-state index contributed by atoms with van der Waals surface area (Å²) >= 11 is 0. The molecule has 5 nitrogen and oxygen atoms in total. The molecule has 0 aromatic rings. The lowest BCUT2D eigenvalue weighted by atomic mass is 9.84. The van der Waals surface area contributed by atoms with Crippen LogP contribution in [0.3, 0.4) is 0 Å². The Bertz CT molecular complexity index is 273. The van der Waals surface area contributed by atoms with Gasteiger partial charge >= 0.3 is 5.97 Å². The summed E-state index contributed by atoms with van der Waals surface area (Å²) in [6.07, 6.45) is 1.48. The van der Waals surface area contributed by atoms with E-state index in [4.69, 9.17) is 18.9 Å². The lowest BCUT2D eigenvalue weighted by Gasteiger charge is -2.22. The summed E-state index contributed by atoms with van der Waals surface area (Å²) in [5, 5.41) is 0. The molecular formula is C17H34O5. The van der Waals surface area contributed by atoms with Gasteiger partial charge in [-0.05, 0) is 24.7 Å². The average molecular weight is 318 g/mol. The lowest BCUT2D eigenvalue weighted by Crippen LogP contribution is -2.18. The molecule has 1 atom stereocenters. The van der Waals surface area contributed by atoms with E-state index in [-0.39, 0.29) is 11.4 Å². The maximum atomic E-state index is 11.7. The lowest BCUT2D eigenvalue weighted by molar-refractivity contribution is -0.146. The molecule has 0 heterocycles. The van der Waals surface area contributed by atoms with Crippen molar-refractivity contribution in [1.82, 2.24) is 0 Å². The molecule has 5 heteroatoms. The largest absolute Gasteiger partial charge is 0.463 e. The van der Waals surface area contributed by atoms with Crippen molar-refractivity contribution in [2.75, 3.05) is 46.2 Å². The van der Waals surface area contributed by atoms with Crippen molar-refractivity contribution in [3.05, 3.63) is 0 Å². The van der Waals surface area contributed by atoms with Crippen LogP contribution in [0.4, 0.5) is 0 Å². The monoisotopic (exact) mass is 318 g/mol. The first-order chi connectivity index (χ1) is 10.3. The molecule has 132 valence electrons. The molecule has 0 aromatic carbocycles. The van der Waals surface area contributed by atoms with Crippen molar-refractivity contribution in [3.8, 4) is 0 Å². The first kappa shape index (κ1) is 21.4. The molecule has 0 fully saturated rings. The standard InChI is InChI=1S/C17H34O5/c1-6-19-7-8-20-9-10-21-11-12-22-16(18)13-15(2)14-17(3,4)5/h15H,6-14H2,1-5H3. The van der Waals surface area contributed by atoms with Crippen LogP contribution in [0, 0.1) is 11.3 Å². The van der Waals surface area contributed by atoms with Gasteiger partial charge in [0.2, 0.25) is 0 Å². The second kappa shape index (κ2) is 12.9. The minimum Gasteiger partial charge on any atom is -0.463 e. The number of carbonyl (C=O) groups is 1. The van der Waals surface area contributed by atoms with Gasteiger partial charge in [0.05, 0.1) is 33.0 Å². The van der Waals surface area contributed by atoms with E-state index in [0.717, 1.165) is 6.42 Å². The smallest absolute Gasteiger partial charge is 0.306 e. The van der Waals surface area contributed by atoms with Crippen LogP contribution in [0.15, 0.2) is 0 Å². The molecule has 0 bridgehead atoms. The molecule has 0 spiro atoms. The van der Waals surface area contributed by atoms with E-state index < -0.39 is 0 Å². The first-order valence-electron chi connectivity index (χ1n) is 8.24. The number of ether oxygens (including phenoxy) is 4. The number of carbonyl (C=O) groups excluding carboxylic acids is 1. The Morgan fingerprint density at radius 2 is 1.41 bits per heavy atom. The Morgan fingerprint density at radius 1 is 0.909 bits per heavy atom. The third-order valence-electron chi connectivity index (χ3n) is 2.91. The molecule has 0 aliphatic heterocycles. The van der Waals surface area contributed by atoms with Crippen LogP contribution in [-0.2, 0) is 23.7 Å². The summed E-state index contributed by atoms with van der Waals surface area (Å²) in [6, 6.07) is 0. The van der Waals surface area contributed by atoms with Gasteiger partial charge in [0.25, 0.3) is 0 Å². The highest BCUT2D eigenvalue weighted by Crippen LogP contribution is 2.25. The number of hydrogen-bond acceptors (Lipinski definition) is 5. The number of esters is 1. The van der Waals surface area contributed by atoms with E-state index in [1.165, 1.54) is 0 Å².